The predicted molar refractivity (Wildman–Crippen MR) is 128 cm³/mol. The molecule has 1 aromatic carbocycles. The van der Waals surface area contributed by atoms with Gasteiger partial charge >= 0.3 is 0 Å². The van der Waals surface area contributed by atoms with Crippen LogP contribution in [0.15, 0.2) is 34.8 Å². The SMILES string of the molecule is CCn1c(SCC(=O)Nc2nc(C)cs2)nnc1[C@@H](NC(=O)c1ccccc1Cl)C(C)C. The first-order valence-corrected chi connectivity index (χ1v) is 12.4. The summed E-state index contributed by atoms with van der Waals surface area (Å²) in [5, 5.41) is 17.9. The molecule has 2 N–H and O–H groups in total. The maximum Gasteiger partial charge on any atom is 0.253 e. The van der Waals surface area contributed by atoms with E-state index in [2.05, 4.69) is 25.8 Å². The maximum atomic E-state index is 12.8. The van der Waals surface area contributed by atoms with Crippen LogP contribution in [0.25, 0.3) is 0 Å². The van der Waals surface area contributed by atoms with Gasteiger partial charge in [0.15, 0.2) is 16.1 Å². The fourth-order valence-corrected chi connectivity index (χ4v) is 4.76. The van der Waals surface area contributed by atoms with E-state index in [0.29, 0.717) is 33.2 Å². The number of nitrogens with zero attached hydrogens (tertiary/aromatic N) is 4. The highest BCUT2D eigenvalue weighted by Gasteiger charge is 2.26. The Morgan fingerprint density at radius 1 is 1.25 bits per heavy atom. The monoisotopic (exact) mass is 492 g/mol. The number of aryl methyl sites for hydroxylation is 1. The second-order valence-corrected chi connectivity index (χ2v) is 9.60. The molecule has 0 spiro atoms. The van der Waals surface area contributed by atoms with E-state index in [9.17, 15) is 9.59 Å². The highest BCUT2D eigenvalue weighted by Crippen LogP contribution is 2.26. The van der Waals surface area contributed by atoms with Crippen molar-refractivity contribution in [1.82, 2.24) is 25.1 Å². The molecular formula is C21H25ClN6O2S2. The summed E-state index contributed by atoms with van der Waals surface area (Å²) in [5.74, 6) is 0.442. The lowest BCUT2D eigenvalue weighted by atomic mass is 10.0. The number of aromatic nitrogens is 4. The normalized spacial score (nSPS) is 12.1. The number of carbonyl (C=O) groups is 2. The van der Waals surface area contributed by atoms with Crippen molar-refractivity contribution < 1.29 is 9.59 Å². The summed E-state index contributed by atoms with van der Waals surface area (Å²) >= 11 is 8.86. The molecule has 2 amide bonds. The van der Waals surface area contributed by atoms with Crippen LogP contribution in [0.5, 0.6) is 0 Å². The Labute approximate surface area is 200 Å². The molecule has 2 aromatic heterocycles. The number of nitrogens with one attached hydrogen (secondary N) is 2. The van der Waals surface area contributed by atoms with Crippen molar-refractivity contribution in [3.8, 4) is 0 Å². The van der Waals surface area contributed by atoms with Crippen LogP contribution in [-0.2, 0) is 11.3 Å². The van der Waals surface area contributed by atoms with Crippen molar-refractivity contribution in [2.75, 3.05) is 11.1 Å². The molecule has 3 aromatic rings. The van der Waals surface area contributed by atoms with Gasteiger partial charge in [0, 0.05) is 11.9 Å². The average molecular weight is 493 g/mol. The van der Waals surface area contributed by atoms with Gasteiger partial charge in [-0.1, -0.05) is 49.3 Å². The molecule has 0 saturated carbocycles. The molecular weight excluding hydrogens is 468 g/mol. The lowest BCUT2D eigenvalue weighted by Gasteiger charge is -2.22. The van der Waals surface area contributed by atoms with Gasteiger partial charge < -0.3 is 15.2 Å². The van der Waals surface area contributed by atoms with Crippen molar-refractivity contribution in [3.05, 3.63) is 51.7 Å². The molecule has 0 aliphatic rings. The summed E-state index contributed by atoms with van der Waals surface area (Å²) in [4.78, 5) is 29.4. The van der Waals surface area contributed by atoms with Gasteiger partial charge in [-0.25, -0.2) is 4.98 Å². The van der Waals surface area contributed by atoms with Gasteiger partial charge in [-0.3, -0.25) is 9.59 Å². The third-order valence-corrected chi connectivity index (χ3v) is 6.78. The molecule has 1 atom stereocenters. The Bertz CT molecular complexity index is 1100. The van der Waals surface area contributed by atoms with E-state index in [4.69, 9.17) is 11.6 Å². The van der Waals surface area contributed by atoms with E-state index in [1.165, 1.54) is 23.1 Å². The number of carbonyl (C=O) groups excluding carboxylic acids is 2. The zero-order valence-electron chi connectivity index (χ0n) is 18.3. The number of anilines is 1. The number of amides is 2. The van der Waals surface area contributed by atoms with Gasteiger partial charge in [0.2, 0.25) is 5.91 Å². The molecule has 0 saturated heterocycles. The summed E-state index contributed by atoms with van der Waals surface area (Å²) in [6, 6.07) is 6.55. The van der Waals surface area contributed by atoms with Crippen molar-refractivity contribution in [2.45, 2.75) is 45.4 Å². The Morgan fingerprint density at radius 2 is 2.00 bits per heavy atom. The summed E-state index contributed by atoms with van der Waals surface area (Å²) in [5.41, 5.74) is 1.28. The van der Waals surface area contributed by atoms with Crippen LogP contribution in [0.4, 0.5) is 5.13 Å². The molecule has 32 heavy (non-hydrogen) atoms. The van der Waals surface area contributed by atoms with Crippen LogP contribution in [0.1, 0.15) is 48.7 Å². The van der Waals surface area contributed by atoms with E-state index < -0.39 is 0 Å². The predicted octanol–water partition coefficient (Wildman–Crippen LogP) is 4.57. The Hall–Kier alpha value is -2.43. The minimum absolute atomic E-state index is 0.0604. The Morgan fingerprint density at radius 3 is 2.62 bits per heavy atom. The quantitative estimate of drug-likeness (QED) is 0.424. The number of hydrogen-bond acceptors (Lipinski definition) is 7. The second-order valence-electron chi connectivity index (χ2n) is 7.39. The minimum atomic E-state index is -0.368. The molecule has 0 radical (unpaired) electrons. The van der Waals surface area contributed by atoms with Gasteiger partial charge in [0.1, 0.15) is 0 Å². The van der Waals surface area contributed by atoms with Crippen LogP contribution in [-0.4, -0.2) is 37.3 Å². The molecule has 0 aliphatic carbocycles. The number of rotatable bonds is 9. The molecule has 3 rings (SSSR count). The first-order chi connectivity index (χ1) is 15.3. The number of benzene rings is 1. The highest BCUT2D eigenvalue weighted by atomic mass is 35.5. The molecule has 0 unspecified atom stereocenters. The maximum absolute atomic E-state index is 12.8. The first kappa shape index (κ1) is 24.2. The number of hydrogen-bond donors (Lipinski definition) is 2. The standard InChI is InChI=1S/C21H25ClN6O2S2/c1-5-28-18(17(12(2)3)25-19(30)14-8-6-7-9-15(14)22)26-27-21(28)32-11-16(29)24-20-23-13(4)10-31-20/h6-10,12,17H,5,11H2,1-4H3,(H,25,30)(H,23,24,29)/t17-/m0/s1. The smallest absolute Gasteiger partial charge is 0.253 e. The lowest BCUT2D eigenvalue weighted by Crippen LogP contribution is -2.34. The van der Waals surface area contributed by atoms with E-state index in [-0.39, 0.29) is 29.5 Å². The summed E-state index contributed by atoms with van der Waals surface area (Å²) in [6.45, 7) is 8.46. The topological polar surface area (TPSA) is 102 Å². The van der Waals surface area contributed by atoms with Crippen LogP contribution in [0.3, 0.4) is 0 Å². The van der Waals surface area contributed by atoms with E-state index in [0.717, 1.165) is 5.69 Å². The van der Waals surface area contributed by atoms with Crippen molar-refractivity contribution in [2.24, 2.45) is 5.92 Å². The fourth-order valence-electron chi connectivity index (χ4n) is 3.02. The molecule has 8 nitrogen and oxygen atoms in total. The van der Waals surface area contributed by atoms with Gasteiger partial charge in [-0.05, 0) is 31.9 Å². The number of halogens is 1. The molecule has 0 aliphatic heterocycles. The summed E-state index contributed by atoms with van der Waals surface area (Å²) in [7, 11) is 0. The van der Waals surface area contributed by atoms with E-state index in [1.807, 2.05) is 37.6 Å². The molecule has 2 heterocycles. The zero-order valence-corrected chi connectivity index (χ0v) is 20.6. The Balaban J connectivity index is 1.72. The van der Waals surface area contributed by atoms with E-state index in [1.54, 1.807) is 24.3 Å². The fraction of sp³-hybridized carbons (Fsp3) is 0.381. The summed E-state index contributed by atoms with van der Waals surface area (Å²) < 4.78 is 1.92. The third kappa shape index (κ3) is 5.87. The van der Waals surface area contributed by atoms with Gasteiger partial charge in [-0.2, -0.15) is 0 Å². The zero-order chi connectivity index (χ0) is 23.3. The van der Waals surface area contributed by atoms with Crippen LogP contribution in [0, 0.1) is 12.8 Å². The van der Waals surface area contributed by atoms with Crippen molar-refractivity contribution in [1.29, 1.82) is 0 Å². The van der Waals surface area contributed by atoms with Crippen LogP contribution < -0.4 is 10.6 Å². The van der Waals surface area contributed by atoms with Gasteiger partial charge in [0.25, 0.3) is 5.91 Å². The van der Waals surface area contributed by atoms with Gasteiger partial charge in [0.05, 0.1) is 28.1 Å². The molecule has 0 fully saturated rings. The highest BCUT2D eigenvalue weighted by molar-refractivity contribution is 7.99. The molecule has 170 valence electrons. The average Bonchev–Trinajstić information content (AvgIpc) is 3.35. The largest absolute Gasteiger partial charge is 0.342 e. The number of thioether (sulfide) groups is 1. The Kier molecular flexibility index (Phi) is 8.27. The minimum Gasteiger partial charge on any atom is -0.342 e. The third-order valence-electron chi connectivity index (χ3n) is 4.61. The lowest BCUT2D eigenvalue weighted by molar-refractivity contribution is -0.113. The van der Waals surface area contributed by atoms with Gasteiger partial charge in [-0.15, -0.1) is 21.5 Å². The van der Waals surface area contributed by atoms with E-state index >= 15 is 0 Å². The van der Waals surface area contributed by atoms with Crippen molar-refractivity contribution >= 4 is 51.6 Å². The summed E-state index contributed by atoms with van der Waals surface area (Å²) in [6.07, 6.45) is 0. The molecule has 11 heteroatoms. The number of thiazole rings is 1. The molecule has 0 bridgehead atoms. The first-order valence-electron chi connectivity index (χ1n) is 10.1. The second kappa shape index (κ2) is 10.9. The van der Waals surface area contributed by atoms with Crippen LogP contribution in [0.2, 0.25) is 5.02 Å². The van der Waals surface area contributed by atoms with Crippen molar-refractivity contribution in [3.63, 3.8) is 0 Å². The van der Waals surface area contributed by atoms with Crippen LogP contribution >= 0.6 is 34.7 Å².